The first-order chi connectivity index (χ1) is 16.8. The standard InChI is InChI=1S/C31H36N2O/c34-30(29(26-12-3-1-4-13-26)27-14-5-2-6-15-27)32-21-10-22-33-23-19-31(20-24-33)18-9-16-25-11-7-8-17-28(25)31/h1-8,11-15,17,29H,9-10,16,18-24H2,(H,32,34). The van der Waals surface area contributed by atoms with Crippen LogP contribution in [-0.2, 0) is 16.6 Å². The zero-order valence-electron chi connectivity index (χ0n) is 20.1. The molecule has 3 aromatic carbocycles. The average molecular weight is 453 g/mol. The van der Waals surface area contributed by atoms with Gasteiger partial charge in [-0.15, -0.1) is 0 Å². The molecule has 1 aliphatic heterocycles. The lowest BCUT2D eigenvalue weighted by Gasteiger charge is -2.45. The summed E-state index contributed by atoms with van der Waals surface area (Å²) in [5.74, 6) is -0.169. The van der Waals surface area contributed by atoms with Crippen molar-refractivity contribution in [3.05, 3.63) is 107 Å². The molecule has 3 nitrogen and oxygen atoms in total. The van der Waals surface area contributed by atoms with Crippen molar-refractivity contribution in [1.29, 1.82) is 0 Å². The van der Waals surface area contributed by atoms with Gasteiger partial charge < -0.3 is 10.2 Å². The summed E-state index contributed by atoms with van der Waals surface area (Å²) in [6, 6.07) is 29.3. The van der Waals surface area contributed by atoms with Crippen LogP contribution in [-0.4, -0.2) is 37.0 Å². The second-order valence-corrected chi connectivity index (χ2v) is 10.0. The fourth-order valence-electron chi connectivity index (χ4n) is 6.13. The molecule has 0 bridgehead atoms. The van der Waals surface area contributed by atoms with Crippen LogP contribution in [0.2, 0.25) is 0 Å². The summed E-state index contributed by atoms with van der Waals surface area (Å²) in [5.41, 5.74) is 5.69. The van der Waals surface area contributed by atoms with E-state index in [1.807, 2.05) is 60.7 Å². The number of carbonyl (C=O) groups is 1. The van der Waals surface area contributed by atoms with Gasteiger partial charge in [-0.25, -0.2) is 0 Å². The Morgan fingerprint density at radius 3 is 2.12 bits per heavy atom. The van der Waals surface area contributed by atoms with Gasteiger partial charge in [0.1, 0.15) is 0 Å². The fourth-order valence-corrected chi connectivity index (χ4v) is 6.13. The largest absolute Gasteiger partial charge is 0.355 e. The Kier molecular flexibility index (Phi) is 7.10. The summed E-state index contributed by atoms with van der Waals surface area (Å²) in [5, 5.41) is 3.22. The number of fused-ring (bicyclic) bond motifs is 2. The molecule has 3 aromatic rings. The zero-order chi connectivity index (χ0) is 23.2. The van der Waals surface area contributed by atoms with Gasteiger partial charge in [0.25, 0.3) is 0 Å². The van der Waals surface area contributed by atoms with Gasteiger partial charge in [-0.1, -0.05) is 84.9 Å². The molecule has 176 valence electrons. The molecule has 3 heteroatoms. The van der Waals surface area contributed by atoms with Gasteiger partial charge in [0.15, 0.2) is 0 Å². The van der Waals surface area contributed by atoms with E-state index in [4.69, 9.17) is 0 Å². The molecule has 1 spiro atoms. The van der Waals surface area contributed by atoms with Crippen LogP contribution >= 0.6 is 0 Å². The number of hydrogen-bond acceptors (Lipinski definition) is 2. The van der Waals surface area contributed by atoms with Gasteiger partial charge in [-0.3, -0.25) is 4.79 Å². The summed E-state index contributed by atoms with van der Waals surface area (Å²) in [4.78, 5) is 15.8. The van der Waals surface area contributed by atoms with Crippen LogP contribution in [0.25, 0.3) is 0 Å². The van der Waals surface area contributed by atoms with Crippen molar-refractivity contribution < 1.29 is 4.79 Å². The van der Waals surface area contributed by atoms with Crippen LogP contribution in [0.4, 0.5) is 0 Å². The number of amides is 1. The molecule has 0 aromatic heterocycles. The lowest BCUT2D eigenvalue weighted by Crippen LogP contribution is -2.45. The monoisotopic (exact) mass is 452 g/mol. The molecule has 0 unspecified atom stereocenters. The van der Waals surface area contributed by atoms with Crippen LogP contribution in [0.5, 0.6) is 0 Å². The van der Waals surface area contributed by atoms with Crippen molar-refractivity contribution in [2.75, 3.05) is 26.2 Å². The smallest absolute Gasteiger partial charge is 0.232 e. The number of carbonyl (C=O) groups excluding carboxylic acids is 1. The number of likely N-dealkylation sites (tertiary alicyclic amines) is 1. The minimum atomic E-state index is -0.261. The van der Waals surface area contributed by atoms with E-state index in [1.165, 1.54) is 45.2 Å². The van der Waals surface area contributed by atoms with E-state index in [0.29, 0.717) is 5.41 Å². The molecule has 2 aliphatic rings. The lowest BCUT2D eigenvalue weighted by molar-refractivity contribution is -0.121. The summed E-state index contributed by atoms with van der Waals surface area (Å²) in [6.45, 7) is 4.11. The molecule has 1 N–H and O–H groups in total. The van der Waals surface area contributed by atoms with Crippen molar-refractivity contribution in [2.45, 2.75) is 49.9 Å². The lowest BCUT2D eigenvalue weighted by atomic mass is 9.65. The van der Waals surface area contributed by atoms with Crippen molar-refractivity contribution in [3.8, 4) is 0 Å². The normalized spacial score (nSPS) is 17.4. The Morgan fingerprint density at radius 2 is 1.44 bits per heavy atom. The van der Waals surface area contributed by atoms with Gasteiger partial charge in [-0.2, -0.15) is 0 Å². The first-order valence-corrected chi connectivity index (χ1v) is 12.9. The maximum atomic E-state index is 13.2. The van der Waals surface area contributed by atoms with Gasteiger partial charge >= 0.3 is 0 Å². The summed E-state index contributed by atoms with van der Waals surface area (Å²) in [6.07, 6.45) is 7.43. The summed E-state index contributed by atoms with van der Waals surface area (Å²) in [7, 11) is 0. The number of rotatable bonds is 7. The maximum Gasteiger partial charge on any atom is 0.232 e. The SMILES string of the molecule is O=C(NCCCN1CCC2(CCCc3ccccc32)CC1)C(c1ccccc1)c1ccccc1. The van der Waals surface area contributed by atoms with E-state index in [9.17, 15) is 4.79 Å². The van der Waals surface area contributed by atoms with Crippen molar-refractivity contribution in [1.82, 2.24) is 10.2 Å². The molecule has 1 amide bonds. The van der Waals surface area contributed by atoms with E-state index < -0.39 is 0 Å². The molecule has 1 saturated heterocycles. The molecular formula is C31H36N2O. The Morgan fingerprint density at radius 1 is 0.824 bits per heavy atom. The van der Waals surface area contributed by atoms with Crippen molar-refractivity contribution >= 4 is 5.91 Å². The Balaban J connectivity index is 1.13. The van der Waals surface area contributed by atoms with E-state index in [-0.39, 0.29) is 11.8 Å². The Hall–Kier alpha value is -2.91. The fraction of sp³-hybridized carbons (Fsp3) is 0.387. The number of aryl methyl sites for hydroxylation is 1. The van der Waals surface area contributed by atoms with Crippen LogP contribution in [0.3, 0.4) is 0 Å². The predicted octanol–water partition coefficient (Wildman–Crippen LogP) is 5.69. The van der Waals surface area contributed by atoms with Gasteiger partial charge in [-0.05, 0) is 85.8 Å². The highest BCUT2D eigenvalue weighted by Crippen LogP contribution is 2.44. The predicted molar refractivity (Wildman–Crippen MR) is 139 cm³/mol. The third-order valence-corrected chi connectivity index (χ3v) is 7.98. The molecule has 1 heterocycles. The topological polar surface area (TPSA) is 32.3 Å². The average Bonchev–Trinajstić information content (AvgIpc) is 2.89. The van der Waals surface area contributed by atoms with Gasteiger partial charge in [0.05, 0.1) is 5.92 Å². The van der Waals surface area contributed by atoms with Crippen LogP contribution < -0.4 is 5.32 Å². The van der Waals surface area contributed by atoms with Crippen molar-refractivity contribution in [3.63, 3.8) is 0 Å². The number of nitrogens with one attached hydrogen (secondary N) is 1. The number of benzene rings is 3. The van der Waals surface area contributed by atoms with E-state index in [1.54, 1.807) is 11.1 Å². The van der Waals surface area contributed by atoms with Crippen LogP contribution in [0.1, 0.15) is 60.3 Å². The number of nitrogens with zero attached hydrogens (tertiary/aromatic N) is 1. The summed E-state index contributed by atoms with van der Waals surface area (Å²) >= 11 is 0. The highest BCUT2D eigenvalue weighted by molar-refractivity contribution is 5.87. The summed E-state index contributed by atoms with van der Waals surface area (Å²) < 4.78 is 0. The minimum Gasteiger partial charge on any atom is -0.355 e. The Labute approximate surface area is 204 Å². The first kappa shape index (κ1) is 22.9. The van der Waals surface area contributed by atoms with Crippen LogP contribution in [0, 0.1) is 0 Å². The highest BCUT2D eigenvalue weighted by atomic mass is 16.1. The third kappa shape index (κ3) is 4.95. The number of piperidine rings is 1. The zero-order valence-corrected chi connectivity index (χ0v) is 20.1. The van der Waals surface area contributed by atoms with E-state index in [2.05, 4.69) is 34.5 Å². The molecule has 34 heavy (non-hydrogen) atoms. The van der Waals surface area contributed by atoms with E-state index in [0.717, 1.165) is 30.6 Å². The minimum absolute atomic E-state index is 0.0915. The Bertz CT molecular complexity index is 1030. The molecule has 5 rings (SSSR count). The molecule has 1 aliphatic carbocycles. The van der Waals surface area contributed by atoms with E-state index >= 15 is 0 Å². The van der Waals surface area contributed by atoms with Gasteiger partial charge in [0, 0.05) is 6.54 Å². The van der Waals surface area contributed by atoms with Crippen LogP contribution in [0.15, 0.2) is 84.9 Å². The quantitative estimate of drug-likeness (QED) is 0.467. The van der Waals surface area contributed by atoms with Crippen molar-refractivity contribution in [2.24, 2.45) is 0 Å². The second kappa shape index (κ2) is 10.6. The second-order valence-electron chi connectivity index (χ2n) is 10.0. The molecular weight excluding hydrogens is 416 g/mol. The number of hydrogen-bond donors (Lipinski definition) is 1. The molecule has 1 fully saturated rings. The molecule has 0 atom stereocenters. The third-order valence-electron chi connectivity index (χ3n) is 7.98. The van der Waals surface area contributed by atoms with Gasteiger partial charge in [0.2, 0.25) is 5.91 Å². The first-order valence-electron chi connectivity index (χ1n) is 12.9. The highest BCUT2D eigenvalue weighted by Gasteiger charge is 2.38. The maximum absolute atomic E-state index is 13.2. The molecule has 0 saturated carbocycles. The molecule has 0 radical (unpaired) electrons.